The third kappa shape index (κ3) is 3.24. The monoisotopic (exact) mass is 364 g/mol. The number of fused-ring (bicyclic) bond motifs is 1. The molecule has 0 radical (unpaired) electrons. The highest BCUT2D eigenvalue weighted by Gasteiger charge is 2.16. The standard InChI is InChI=1S/C20H16N2O3S/c23-26(24,20-9-3-6-16-5-1-2-7-17(16)20)22-14-15-10-11-18(21-13-15)19-8-4-12-25-19/h1-13,22H,14H2. The molecule has 4 rings (SSSR count). The molecule has 0 unspecified atom stereocenters. The van der Waals surface area contributed by atoms with E-state index in [-0.39, 0.29) is 11.4 Å². The summed E-state index contributed by atoms with van der Waals surface area (Å²) in [7, 11) is -3.63. The van der Waals surface area contributed by atoms with E-state index in [1.54, 1.807) is 36.7 Å². The molecule has 0 saturated heterocycles. The Morgan fingerprint density at radius 1 is 0.923 bits per heavy atom. The summed E-state index contributed by atoms with van der Waals surface area (Å²) in [5.74, 6) is 0.674. The van der Waals surface area contributed by atoms with Crippen molar-refractivity contribution < 1.29 is 12.8 Å². The first-order chi connectivity index (χ1) is 12.6. The van der Waals surface area contributed by atoms with Crippen LogP contribution in [0.3, 0.4) is 0 Å². The SMILES string of the molecule is O=S(=O)(NCc1ccc(-c2ccco2)nc1)c1cccc2ccccc12. The van der Waals surface area contributed by atoms with E-state index in [1.165, 1.54) is 0 Å². The van der Waals surface area contributed by atoms with E-state index in [1.807, 2.05) is 42.5 Å². The minimum absolute atomic E-state index is 0.164. The highest BCUT2D eigenvalue weighted by atomic mass is 32.2. The van der Waals surface area contributed by atoms with Gasteiger partial charge in [0.25, 0.3) is 0 Å². The second-order valence-electron chi connectivity index (χ2n) is 5.83. The van der Waals surface area contributed by atoms with E-state index in [4.69, 9.17) is 4.42 Å². The van der Waals surface area contributed by atoms with Gasteiger partial charge in [-0.15, -0.1) is 0 Å². The van der Waals surface area contributed by atoms with Crippen LogP contribution in [-0.2, 0) is 16.6 Å². The summed E-state index contributed by atoms with van der Waals surface area (Å²) in [6.07, 6.45) is 3.23. The van der Waals surface area contributed by atoms with Crippen LogP contribution in [0.5, 0.6) is 0 Å². The molecule has 6 heteroatoms. The molecular weight excluding hydrogens is 348 g/mol. The second-order valence-corrected chi connectivity index (χ2v) is 7.57. The van der Waals surface area contributed by atoms with Crippen LogP contribution in [-0.4, -0.2) is 13.4 Å². The predicted octanol–water partition coefficient (Wildman–Crippen LogP) is 3.97. The van der Waals surface area contributed by atoms with Crippen molar-refractivity contribution >= 4 is 20.8 Å². The molecule has 0 saturated carbocycles. The molecule has 130 valence electrons. The fraction of sp³-hybridized carbons (Fsp3) is 0.0500. The molecule has 5 nitrogen and oxygen atoms in total. The lowest BCUT2D eigenvalue weighted by atomic mass is 10.1. The Hall–Kier alpha value is -2.96. The van der Waals surface area contributed by atoms with Crippen molar-refractivity contribution in [3.05, 3.63) is 84.8 Å². The van der Waals surface area contributed by atoms with Gasteiger partial charge in [-0.25, -0.2) is 13.1 Å². The van der Waals surface area contributed by atoms with Gasteiger partial charge < -0.3 is 4.42 Å². The first-order valence-corrected chi connectivity index (χ1v) is 9.58. The highest BCUT2D eigenvalue weighted by Crippen LogP contribution is 2.23. The van der Waals surface area contributed by atoms with Crippen molar-refractivity contribution in [1.82, 2.24) is 9.71 Å². The molecule has 1 N–H and O–H groups in total. The Bertz CT molecular complexity index is 1130. The third-order valence-electron chi connectivity index (χ3n) is 4.10. The van der Waals surface area contributed by atoms with Crippen molar-refractivity contribution in [1.29, 1.82) is 0 Å². The van der Waals surface area contributed by atoms with Gasteiger partial charge in [-0.05, 0) is 35.2 Å². The van der Waals surface area contributed by atoms with Crippen LogP contribution in [0, 0.1) is 0 Å². The zero-order chi connectivity index (χ0) is 18.0. The molecular formula is C20H16N2O3S. The van der Waals surface area contributed by atoms with Crippen LogP contribution in [0.4, 0.5) is 0 Å². The lowest BCUT2D eigenvalue weighted by molar-refractivity contribution is 0.579. The Morgan fingerprint density at radius 3 is 2.54 bits per heavy atom. The Morgan fingerprint density at radius 2 is 1.77 bits per heavy atom. The number of nitrogens with one attached hydrogen (secondary N) is 1. The van der Waals surface area contributed by atoms with Crippen LogP contribution in [0.2, 0.25) is 0 Å². The van der Waals surface area contributed by atoms with Crippen LogP contribution in [0.1, 0.15) is 5.56 Å². The molecule has 0 atom stereocenters. The summed E-state index contributed by atoms with van der Waals surface area (Å²) in [6.45, 7) is 0.164. The first kappa shape index (κ1) is 16.5. The minimum Gasteiger partial charge on any atom is -0.463 e. The average Bonchev–Trinajstić information content (AvgIpc) is 3.21. The number of sulfonamides is 1. The molecule has 4 aromatic rings. The Kier molecular flexibility index (Phi) is 4.28. The van der Waals surface area contributed by atoms with Gasteiger partial charge in [0.15, 0.2) is 5.76 Å². The summed E-state index contributed by atoms with van der Waals surface area (Å²) in [4.78, 5) is 4.59. The maximum atomic E-state index is 12.7. The van der Waals surface area contributed by atoms with E-state index >= 15 is 0 Å². The molecule has 26 heavy (non-hydrogen) atoms. The third-order valence-corrected chi connectivity index (χ3v) is 5.56. The molecule has 0 bridgehead atoms. The number of furan rings is 1. The van der Waals surface area contributed by atoms with E-state index in [0.717, 1.165) is 10.9 Å². The molecule has 0 aliphatic heterocycles. The normalized spacial score (nSPS) is 11.7. The maximum Gasteiger partial charge on any atom is 0.241 e. The quantitative estimate of drug-likeness (QED) is 0.581. The van der Waals surface area contributed by atoms with Crippen LogP contribution in [0.25, 0.3) is 22.2 Å². The summed E-state index contributed by atoms with van der Waals surface area (Å²) in [5.41, 5.74) is 1.47. The molecule has 0 aliphatic carbocycles. The predicted molar refractivity (Wildman–Crippen MR) is 99.9 cm³/mol. The van der Waals surface area contributed by atoms with Gasteiger partial charge in [0.1, 0.15) is 5.69 Å². The molecule has 2 aromatic heterocycles. The van der Waals surface area contributed by atoms with Crippen LogP contribution < -0.4 is 4.72 Å². The first-order valence-electron chi connectivity index (χ1n) is 8.10. The molecule has 0 spiro atoms. The van der Waals surface area contributed by atoms with Gasteiger partial charge in [0, 0.05) is 18.1 Å². The van der Waals surface area contributed by atoms with Crippen molar-refractivity contribution in [2.75, 3.05) is 0 Å². The van der Waals surface area contributed by atoms with Gasteiger partial charge in [-0.3, -0.25) is 4.98 Å². The second kappa shape index (κ2) is 6.74. The van der Waals surface area contributed by atoms with Crippen molar-refractivity contribution in [2.24, 2.45) is 0 Å². The smallest absolute Gasteiger partial charge is 0.241 e. The highest BCUT2D eigenvalue weighted by molar-refractivity contribution is 7.89. The van der Waals surface area contributed by atoms with Gasteiger partial charge in [0.05, 0.1) is 11.2 Å². The molecule has 2 aromatic carbocycles. The summed E-state index contributed by atoms with van der Waals surface area (Å²) in [5, 5.41) is 1.59. The number of pyridine rings is 1. The number of hydrogen-bond donors (Lipinski definition) is 1. The fourth-order valence-corrected chi connectivity index (χ4v) is 4.03. The topological polar surface area (TPSA) is 72.2 Å². The summed E-state index contributed by atoms with van der Waals surface area (Å²) < 4.78 is 33.4. The lowest BCUT2D eigenvalue weighted by Gasteiger charge is -2.10. The average molecular weight is 364 g/mol. The number of hydrogen-bond acceptors (Lipinski definition) is 4. The van der Waals surface area contributed by atoms with Crippen LogP contribution >= 0.6 is 0 Å². The number of rotatable bonds is 5. The number of benzene rings is 2. The largest absolute Gasteiger partial charge is 0.463 e. The van der Waals surface area contributed by atoms with E-state index in [2.05, 4.69) is 9.71 Å². The van der Waals surface area contributed by atoms with Gasteiger partial charge >= 0.3 is 0 Å². The van der Waals surface area contributed by atoms with Crippen molar-refractivity contribution in [3.8, 4) is 11.5 Å². The van der Waals surface area contributed by atoms with Gasteiger partial charge in [-0.2, -0.15) is 0 Å². The number of nitrogens with zero attached hydrogens (tertiary/aromatic N) is 1. The number of aromatic nitrogens is 1. The molecule has 2 heterocycles. The van der Waals surface area contributed by atoms with Gasteiger partial charge in [-0.1, -0.05) is 42.5 Å². The fourth-order valence-electron chi connectivity index (χ4n) is 2.79. The molecule has 0 aliphatic rings. The van der Waals surface area contributed by atoms with E-state index < -0.39 is 10.0 Å². The van der Waals surface area contributed by atoms with E-state index in [0.29, 0.717) is 16.8 Å². The molecule has 0 amide bonds. The lowest BCUT2D eigenvalue weighted by Crippen LogP contribution is -2.23. The Labute approximate surface area is 151 Å². The Balaban J connectivity index is 1.55. The summed E-state index contributed by atoms with van der Waals surface area (Å²) in [6, 6.07) is 19.9. The summed E-state index contributed by atoms with van der Waals surface area (Å²) >= 11 is 0. The zero-order valence-electron chi connectivity index (χ0n) is 13.8. The van der Waals surface area contributed by atoms with Crippen molar-refractivity contribution in [2.45, 2.75) is 11.4 Å². The van der Waals surface area contributed by atoms with E-state index in [9.17, 15) is 8.42 Å². The maximum absolute atomic E-state index is 12.7. The minimum atomic E-state index is -3.63. The van der Waals surface area contributed by atoms with Crippen LogP contribution in [0.15, 0.2) is 88.5 Å². The van der Waals surface area contributed by atoms with Crippen molar-refractivity contribution in [3.63, 3.8) is 0 Å². The molecule has 0 fully saturated rings. The zero-order valence-corrected chi connectivity index (χ0v) is 14.6. The van der Waals surface area contributed by atoms with Gasteiger partial charge in [0.2, 0.25) is 10.0 Å².